The molecule has 184 valence electrons. The van der Waals surface area contributed by atoms with Gasteiger partial charge in [-0.1, -0.05) is 44.8 Å². The summed E-state index contributed by atoms with van der Waals surface area (Å²) >= 11 is 9.66. The number of ether oxygens (including phenoxy) is 1. The zero-order chi connectivity index (χ0) is 24.8. The maximum Gasteiger partial charge on any atom is 0.255 e. The third kappa shape index (κ3) is 6.09. The number of methoxy groups -OCH3 is 1. The van der Waals surface area contributed by atoms with Gasteiger partial charge in [0.05, 0.1) is 17.2 Å². The summed E-state index contributed by atoms with van der Waals surface area (Å²) in [5, 5.41) is 4.47. The van der Waals surface area contributed by atoms with E-state index in [1.165, 1.54) is 4.90 Å². The number of carbonyl (C=O) groups excluding carboxylic acids is 2. The van der Waals surface area contributed by atoms with Gasteiger partial charge in [0.2, 0.25) is 17.6 Å². The molecule has 2 amide bonds. The van der Waals surface area contributed by atoms with E-state index in [1.807, 2.05) is 24.3 Å². The van der Waals surface area contributed by atoms with Crippen molar-refractivity contribution in [1.29, 1.82) is 0 Å². The molecular weight excluding hydrogens is 536 g/mol. The third-order valence-corrected chi connectivity index (χ3v) is 6.79. The number of aromatic nitrogens is 2. The molecule has 0 saturated carbocycles. The molecule has 2 aromatic carbocycles. The Balaban J connectivity index is 1.52. The highest BCUT2D eigenvalue weighted by Gasteiger charge is 2.34. The monoisotopic (exact) mass is 560 g/mol. The van der Waals surface area contributed by atoms with Gasteiger partial charge >= 0.3 is 0 Å². The van der Waals surface area contributed by atoms with Crippen LogP contribution >= 0.6 is 27.5 Å². The number of hydrogen-bond acceptors (Lipinski definition) is 6. The molecule has 8 nitrogen and oxygen atoms in total. The standard InChI is InChI=1S/C25H26BrClN4O4/c1-34-15-14-30(25(33)19-6-2-3-7-20(19)27)16-22(32)31-13-5-4-8-21(31)24-28-23(29-35-24)17-9-11-18(26)12-10-17/h2-3,6-7,9-12,21H,4-5,8,13-16H2,1H3. The molecule has 1 atom stereocenters. The maximum atomic E-state index is 13.5. The Kier molecular flexibility index (Phi) is 8.54. The molecule has 0 radical (unpaired) electrons. The van der Waals surface area contributed by atoms with Crippen LogP contribution < -0.4 is 0 Å². The first-order valence-electron chi connectivity index (χ1n) is 11.4. The summed E-state index contributed by atoms with van der Waals surface area (Å²) in [5.41, 5.74) is 1.18. The third-order valence-electron chi connectivity index (χ3n) is 5.94. The summed E-state index contributed by atoms with van der Waals surface area (Å²) in [6, 6.07) is 14.1. The molecule has 10 heteroatoms. The zero-order valence-electron chi connectivity index (χ0n) is 19.3. The molecule has 1 unspecified atom stereocenters. The van der Waals surface area contributed by atoms with Crippen molar-refractivity contribution in [2.75, 3.05) is 33.4 Å². The second-order valence-corrected chi connectivity index (χ2v) is 9.58. The van der Waals surface area contributed by atoms with E-state index in [-0.39, 0.29) is 30.9 Å². The van der Waals surface area contributed by atoms with Gasteiger partial charge in [-0.15, -0.1) is 0 Å². The van der Waals surface area contributed by atoms with Crippen molar-refractivity contribution in [2.24, 2.45) is 0 Å². The molecule has 1 saturated heterocycles. The summed E-state index contributed by atoms with van der Waals surface area (Å²) in [6.45, 7) is 1.02. The van der Waals surface area contributed by atoms with Gasteiger partial charge in [0.25, 0.3) is 5.91 Å². The van der Waals surface area contributed by atoms with Crippen LogP contribution in [0.5, 0.6) is 0 Å². The number of likely N-dealkylation sites (tertiary alicyclic amines) is 1. The summed E-state index contributed by atoms with van der Waals surface area (Å²) in [7, 11) is 1.55. The van der Waals surface area contributed by atoms with Gasteiger partial charge < -0.3 is 19.1 Å². The topological polar surface area (TPSA) is 88.8 Å². The van der Waals surface area contributed by atoms with Crippen molar-refractivity contribution in [3.05, 3.63) is 69.5 Å². The minimum atomic E-state index is -0.340. The minimum Gasteiger partial charge on any atom is -0.383 e. The first-order chi connectivity index (χ1) is 17.0. The Morgan fingerprint density at radius 3 is 2.71 bits per heavy atom. The predicted molar refractivity (Wildman–Crippen MR) is 135 cm³/mol. The zero-order valence-corrected chi connectivity index (χ0v) is 21.7. The Hall–Kier alpha value is -2.75. The molecule has 35 heavy (non-hydrogen) atoms. The lowest BCUT2D eigenvalue weighted by Gasteiger charge is -2.35. The van der Waals surface area contributed by atoms with Crippen LogP contribution in [0, 0.1) is 0 Å². The SMILES string of the molecule is COCCN(CC(=O)N1CCCCC1c1nc(-c2ccc(Br)cc2)no1)C(=O)c1ccccc1Cl. The van der Waals surface area contributed by atoms with Crippen LogP contribution in [0.1, 0.15) is 41.6 Å². The van der Waals surface area contributed by atoms with E-state index in [0.29, 0.717) is 41.9 Å². The lowest BCUT2D eigenvalue weighted by atomic mass is 10.0. The van der Waals surface area contributed by atoms with E-state index < -0.39 is 0 Å². The van der Waals surface area contributed by atoms with E-state index >= 15 is 0 Å². The number of nitrogens with zero attached hydrogens (tertiary/aromatic N) is 4. The van der Waals surface area contributed by atoms with Crippen molar-refractivity contribution >= 4 is 39.3 Å². The first-order valence-corrected chi connectivity index (χ1v) is 12.6. The van der Waals surface area contributed by atoms with Gasteiger partial charge in [-0.2, -0.15) is 4.98 Å². The summed E-state index contributed by atoms with van der Waals surface area (Å²) in [5.74, 6) is 0.373. The van der Waals surface area contributed by atoms with Crippen LogP contribution in [0.2, 0.25) is 5.02 Å². The lowest BCUT2D eigenvalue weighted by Crippen LogP contribution is -2.47. The van der Waals surface area contributed by atoms with Crippen LogP contribution in [-0.4, -0.2) is 65.1 Å². The van der Waals surface area contributed by atoms with E-state index in [0.717, 1.165) is 22.9 Å². The number of rotatable bonds is 8. The fraction of sp³-hybridized carbons (Fsp3) is 0.360. The Morgan fingerprint density at radius 1 is 1.20 bits per heavy atom. The number of piperidine rings is 1. The molecule has 1 aliphatic heterocycles. The second kappa shape index (κ2) is 11.8. The average molecular weight is 562 g/mol. The molecule has 1 aromatic heterocycles. The Morgan fingerprint density at radius 2 is 1.97 bits per heavy atom. The molecule has 4 rings (SSSR count). The lowest BCUT2D eigenvalue weighted by molar-refractivity contribution is -0.136. The molecule has 1 fully saturated rings. The number of benzene rings is 2. The second-order valence-electron chi connectivity index (χ2n) is 8.26. The molecule has 2 heterocycles. The molecule has 3 aromatic rings. The van der Waals surface area contributed by atoms with Crippen LogP contribution in [0.4, 0.5) is 0 Å². The number of carbonyl (C=O) groups is 2. The molecule has 0 bridgehead atoms. The Labute approximate surface area is 217 Å². The normalized spacial score (nSPS) is 15.7. The van der Waals surface area contributed by atoms with E-state index in [9.17, 15) is 9.59 Å². The van der Waals surface area contributed by atoms with Gasteiger partial charge in [-0.05, 0) is 55.7 Å². The fourth-order valence-corrected chi connectivity index (χ4v) is 4.57. The van der Waals surface area contributed by atoms with Crippen molar-refractivity contribution in [3.8, 4) is 11.4 Å². The van der Waals surface area contributed by atoms with E-state index in [4.69, 9.17) is 20.9 Å². The van der Waals surface area contributed by atoms with Crippen molar-refractivity contribution in [3.63, 3.8) is 0 Å². The summed E-state index contributed by atoms with van der Waals surface area (Å²) in [6.07, 6.45) is 2.52. The van der Waals surface area contributed by atoms with Gasteiger partial charge in [0.15, 0.2) is 0 Å². The highest BCUT2D eigenvalue weighted by atomic mass is 79.9. The van der Waals surface area contributed by atoms with Crippen molar-refractivity contribution in [1.82, 2.24) is 19.9 Å². The molecule has 1 aliphatic rings. The Bertz CT molecular complexity index is 1170. The van der Waals surface area contributed by atoms with E-state index in [2.05, 4.69) is 26.1 Å². The summed E-state index contributed by atoms with van der Waals surface area (Å²) in [4.78, 5) is 34.4. The first kappa shape index (κ1) is 25.3. The smallest absolute Gasteiger partial charge is 0.255 e. The minimum absolute atomic E-state index is 0.0996. The number of hydrogen-bond donors (Lipinski definition) is 0. The predicted octanol–water partition coefficient (Wildman–Crippen LogP) is 4.99. The van der Waals surface area contributed by atoms with Crippen LogP contribution in [-0.2, 0) is 9.53 Å². The van der Waals surface area contributed by atoms with Crippen molar-refractivity contribution < 1.29 is 18.8 Å². The molecule has 0 aliphatic carbocycles. The molecule has 0 N–H and O–H groups in total. The maximum absolute atomic E-state index is 13.5. The van der Waals surface area contributed by atoms with Crippen LogP contribution in [0.3, 0.4) is 0 Å². The number of amides is 2. The van der Waals surface area contributed by atoms with Gasteiger partial charge in [-0.3, -0.25) is 9.59 Å². The van der Waals surface area contributed by atoms with Gasteiger partial charge in [0.1, 0.15) is 12.6 Å². The quantitative estimate of drug-likeness (QED) is 0.385. The highest BCUT2D eigenvalue weighted by Crippen LogP contribution is 2.31. The van der Waals surface area contributed by atoms with Gasteiger partial charge in [-0.25, -0.2) is 0 Å². The van der Waals surface area contributed by atoms with Crippen LogP contribution in [0.15, 0.2) is 57.5 Å². The average Bonchev–Trinajstić information content (AvgIpc) is 3.37. The number of halogens is 2. The molecule has 0 spiro atoms. The van der Waals surface area contributed by atoms with Crippen LogP contribution in [0.25, 0.3) is 11.4 Å². The van der Waals surface area contributed by atoms with E-state index in [1.54, 1.807) is 36.3 Å². The fourth-order valence-electron chi connectivity index (χ4n) is 4.09. The molecular formula is C25H26BrClN4O4. The summed E-state index contributed by atoms with van der Waals surface area (Å²) < 4.78 is 11.7. The van der Waals surface area contributed by atoms with Gasteiger partial charge in [0, 0.05) is 30.2 Å². The van der Waals surface area contributed by atoms with Crippen molar-refractivity contribution in [2.45, 2.75) is 25.3 Å². The highest BCUT2D eigenvalue weighted by molar-refractivity contribution is 9.10. The largest absolute Gasteiger partial charge is 0.383 e.